The quantitative estimate of drug-likeness (QED) is 0.347. The molecule has 0 amide bonds. The zero-order chi connectivity index (χ0) is 18.4. The van der Waals surface area contributed by atoms with Gasteiger partial charge in [0.2, 0.25) is 0 Å². The maximum Gasteiger partial charge on any atom is 0.273 e. The molecule has 2 aromatic carbocycles. The van der Waals surface area contributed by atoms with Crippen molar-refractivity contribution < 1.29 is 9.85 Å². The van der Waals surface area contributed by atoms with Crippen molar-refractivity contribution >= 4 is 34.9 Å². The van der Waals surface area contributed by atoms with Gasteiger partial charge >= 0.3 is 0 Å². The summed E-state index contributed by atoms with van der Waals surface area (Å²) in [5.41, 5.74) is 1.60. The molecule has 0 aliphatic carbocycles. The van der Waals surface area contributed by atoms with E-state index in [4.69, 9.17) is 0 Å². The lowest BCUT2D eigenvalue weighted by Crippen LogP contribution is -2.10. The molecule has 0 radical (unpaired) electrons. The second-order valence-corrected chi connectivity index (χ2v) is 9.20. The van der Waals surface area contributed by atoms with Crippen LogP contribution in [0.2, 0.25) is 0 Å². The molecule has 6 nitrogen and oxygen atoms in total. The van der Waals surface area contributed by atoms with E-state index in [0.29, 0.717) is 22.6 Å². The summed E-state index contributed by atoms with van der Waals surface area (Å²) in [7, 11) is 0. The first-order chi connectivity index (χ1) is 11.8. The molecular formula is C17H18N2O4S2. The smallest absolute Gasteiger partial charge is 0.258 e. The van der Waals surface area contributed by atoms with E-state index in [0.717, 1.165) is 0 Å². The number of thioether (sulfide) groups is 2. The van der Waals surface area contributed by atoms with Crippen LogP contribution < -0.4 is 0 Å². The van der Waals surface area contributed by atoms with Crippen molar-refractivity contribution in [1.82, 2.24) is 0 Å². The first-order valence-electron chi connectivity index (χ1n) is 7.52. The van der Waals surface area contributed by atoms with Gasteiger partial charge in [0.15, 0.2) is 0 Å². The topological polar surface area (TPSA) is 86.3 Å². The van der Waals surface area contributed by atoms with Gasteiger partial charge in [-0.2, -0.15) is 0 Å². The van der Waals surface area contributed by atoms with Crippen LogP contribution in [-0.4, -0.2) is 13.9 Å². The van der Waals surface area contributed by atoms with E-state index in [1.165, 1.54) is 12.1 Å². The van der Waals surface area contributed by atoms with Gasteiger partial charge in [-0.05, 0) is 13.8 Å². The molecule has 0 saturated heterocycles. The van der Waals surface area contributed by atoms with Gasteiger partial charge in [0.25, 0.3) is 11.4 Å². The molecular weight excluding hydrogens is 360 g/mol. The lowest BCUT2D eigenvalue weighted by Gasteiger charge is -2.23. The van der Waals surface area contributed by atoms with Crippen LogP contribution in [0.1, 0.15) is 25.0 Å². The monoisotopic (exact) mass is 378 g/mol. The third-order valence-electron chi connectivity index (χ3n) is 3.53. The Morgan fingerprint density at radius 2 is 1.16 bits per heavy atom. The summed E-state index contributed by atoms with van der Waals surface area (Å²) < 4.78 is -0.243. The van der Waals surface area contributed by atoms with Gasteiger partial charge in [-0.15, -0.1) is 23.5 Å². The van der Waals surface area contributed by atoms with Crippen molar-refractivity contribution in [3.63, 3.8) is 0 Å². The number of benzene rings is 2. The molecule has 0 aliphatic heterocycles. The van der Waals surface area contributed by atoms with Crippen LogP contribution in [0.25, 0.3) is 0 Å². The van der Waals surface area contributed by atoms with E-state index in [1.807, 2.05) is 13.8 Å². The van der Waals surface area contributed by atoms with Gasteiger partial charge in [-0.25, -0.2) is 0 Å². The van der Waals surface area contributed by atoms with Crippen molar-refractivity contribution in [2.45, 2.75) is 29.4 Å². The van der Waals surface area contributed by atoms with Gasteiger partial charge in [0, 0.05) is 34.8 Å². The van der Waals surface area contributed by atoms with Crippen LogP contribution in [0, 0.1) is 20.2 Å². The number of hydrogen-bond acceptors (Lipinski definition) is 6. The first-order valence-corrected chi connectivity index (χ1v) is 9.50. The highest BCUT2D eigenvalue weighted by Gasteiger charge is 2.23. The molecule has 8 heteroatoms. The summed E-state index contributed by atoms with van der Waals surface area (Å²) in [6, 6.07) is 13.4. The van der Waals surface area contributed by atoms with E-state index in [-0.39, 0.29) is 25.3 Å². The van der Waals surface area contributed by atoms with Crippen molar-refractivity contribution in [1.29, 1.82) is 0 Å². The molecule has 0 unspecified atom stereocenters. The normalized spacial score (nSPS) is 11.3. The Labute approximate surface area is 154 Å². The SMILES string of the molecule is CC(C)(SCc1ccccc1[N+](=O)[O-])SCc1ccccc1[N+](=O)[O-]. The maximum atomic E-state index is 11.1. The molecule has 0 fully saturated rings. The number of nitro benzene ring substituents is 2. The average molecular weight is 378 g/mol. The predicted molar refractivity (Wildman–Crippen MR) is 103 cm³/mol. The number of nitrogens with zero attached hydrogens (tertiary/aromatic N) is 2. The summed E-state index contributed by atoms with van der Waals surface area (Å²) in [4.78, 5) is 21.4. The van der Waals surface area contributed by atoms with E-state index in [1.54, 1.807) is 59.9 Å². The van der Waals surface area contributed by atoms with Crippen LogP contribution in [0.3, 0.4) is 0 Å². The predicted octanol–water partition coefficient (Wildman–Crippen LogP) is 5.41. The van der Waals surface area contributed by atoms with Crippen molar-refractivity contribution in [2.75, 3.05) is 0 Å². The lowest BCUT2D eigenvalue weighted by atomic mass is 10.2. The molecule has 0 bridgehead atoms. The first kappa shape index (κ1) is 19.3. The molecule has 0 N–H and O–H groups in total. The number of hydrogen-bond donors (Lipinski definition) is 0. The largest absolute Gasteiger partial charge is 0.273 e. The molecule has 132 valence electrons. The van der Waals surface area contributed by atoms with Gasteiger partial charge in [0.05, 0.1) is 13.9 Å². The molecule has 2 rings (SSSR count). The molecule has 25 heavy (non-hydrogen) atoms. The highest BCUT2D eigenvalue weighted by Crippen LogP contribution is 2.42. The van der Waals surface area contributed by atoms with Crippen LogP contribution in [0.15, 0.2) is 48.5 Å². The molecule has 0 saturated carbocycles. The zero-order valence-corrected chi connectivity index (χ0v) is 15.5. The van der Waals surface area contributed by atoms with Gasteiger partial charge < -0.3 is 0 Å². The third kappa shape index (κ3) is 5.47. The molecule has 0 spiro atoms. The molecule has 0 aromatic heterocycles. The Morgan fingerprint density at radius 1 is 0.800 bits per heavy atom. The molecule has 2 aromatic rings. The lowest BCUT2D eigenvalue weighted by molar-refractivity contribution is -0.385. The van der Waals surface area contributed by atoms with Crippen LogP contribution in [0.4, 0.5) is 11.4 Å². The highest BCUT2D eigenvalue weighted by molar-refractivity contribution is 8.17. The van der Waals surface area contributed by atoms with Gasteiger partial charge in [0.1, 0.15) is 0 Å². The summed E-state index contributed by atoms with van der Waals surface area (Å²) in [6.45, 7) is 4.04. The minimum atomic E-state index is -0.372. The Kier molecular flexibility index (Phi) is 6.44. The fraction of sp³-hybridized carbons (Fsp3) is 0.294. The number of rotatable bonds is 8. The van der Waals surface area contributed by atoms with Crippen LogP contribution in [0.5, 0.6) is 0 Å². The molecule has 0 aliphatic rings. The van der Waals surface area contributed by atoms with E-state index < -0.39 is 0 Å². The van der Waals surface area contributed by atoms with Crippen molar-refractivity contribution in [2.24, 2.45) is 0 Å². The minimum Gasteiger partial charge on any atom is -0.258 e. The zero-order valence-electron chi connectivity index (χ0n) is 13.9. The summed E-state index contributed by atoms with van der Waals surface area (Å²) in [5.74, 6) is 1.02. The summed E-state index contributed by atoms with van der Waals surface area (Å²) in [6.07, 6.45) is 0. The maximum absolute atomic E-state index is 11.1. The fourth-order valence-corrected chi connectivity index (χ4v) is 4.35. The summed E-state index contributed by atoms with van der Waals surface area (Å²) in [5, 5.41) is 22.2. The number of nitro groups is 2. The van der Waals surface area contributed by atoms with Crippen molar-refractivity contribution in [3.8, 4) is 0 Å². The van der Waals surface area contributed by atoms with Crippen LogP contribution >= 0.6 is 23.5 Å². The van der Waals surface area contributed by atoms with E-state index >= 15 is 0 Å². The Bertz CT molecular complexity index is 717. The average Bonchev–Trinajstić information content (AvgIpc) is 2.58. The summed E-state index contributed by atoms with van der Waals surface area (Å²) >= 11 is 3.17. The van der Waals surface area contributed by atoms with Crippen molar-refractivity contribution in [3.05, 3.63) is 79.9 Å². The molecule has 0 heterocycles. The Morgan fingerprint density at radius 3 is 1.52 bits per heavy atom. The fourth-order valence-electron chi connectivity index (χ4n) is 2.17. The van der Waals surface area contributed by atoms with E-state index in [9.17, 15) is 20.2 Å². The minimum absolute atomic E-state index is 0.120. The van der Waals surface area contributed by atoms with E-state index in [2.05, 4.69) is 0 Å². The second kappa shape index (κ2) is 8.35. The molecule has 0 atom stereocenters. The standard InChI is InChI=1S/C17H18N2O4S2/c1-17(2,24-11-13-7-3-5-9-15(13)18(20)21)25-12-14-8-4-6-10-16(14)19(22)23/h3-10H,11-12H2,1-2H3. The Balaban J connectivity index is 2.01. The van der Waals surface area contributed by atoms with Crippen LogP contribution in [-0.2, 0) is 11.5 Å². The Hall–Kier alpha value is -2.06. The highest BCUT2D eigenvalue weighted by atomic mass is 32.2. The third-order valence-corrected chi connectivity index (χ3v) is 6.54. The van der Waals surface area contributed by atoms with Gasteiger partial charge in [-0.3, -0.25) is 20.2 Å². The number of para-hydroxylation sites is 2. The van der Waals surface area contributed by atoms with Gasteiger partial charge in [-0.1, -0.05) is 36.4 Å². The second-order valence-electron chi connectivity index (χ2n) is 5.75.